The Balaban J connectivity index is 1.83. The summed E-state index contributed by atoms with van der Waals surface area (Å²) in [6.45, 7) is 1.06. The summed E-state index contributed by atoms with van der Waals surface area (Å²) < 4.78 is 23.9. The molecule has 0 fully saturated rings. The highest BCUT2D eigenvalue weighted by Gasteiger charge is 2.17. The van der Waals surface area contributed by atoms with Gasteiger partial charge in [-0.25, -0.2) is 4.39 Å². The van der Waals surface area contributed by atoms with Crippen LogP contribution in [0.5, 0.6) is 11.5 Å². The van der Waals surface area contributed by atoms with Crippen molar-refractivity contribution in [1.29, 1.82) is 5.26 Å². The molecule has 0 radical (unpaired) electrons. The van der Waals surface area contributed by atoms with Crippen LogP contribution in [0.25, 0.3) is 0 Å². The summed E-state index contributed by atoms with van der Waals surface area (Å²) in [6.07, 6.45) is 0.538. The number of halogens is 1. The van der Waals surface area contributed by atoms with Crippen molar-refractivity contribution in [3.8, 4) is 17.6 Å². The second kappa shape index (κ2) is 5.84. The molecule has 0 amide bonds. The Morgan fingerprint density at radius 3 is 2.48 bits per heavy atom. The lowest BCUT2D eigenvalue weighted by Gasteiger charge is -2.20. The normalized spacial score (nSPS) is 14.3. The van der Waals surface area contributed by atoms with Crippen LogP contribution < -0.4 is 9.47 Å². The van der Waals surface area contributed by atoms with E-state index >= 15 is 0 Å². The third kappa shape index (κ3) is 2.97. The van der Waals surface area contributed by atoms with Crippen molar-refractivity contribution in [3.63, 3.8) is 0 Å². The maximum atomic E-state index is 12.9. The van der Waals surface area contributed by atoms with Crippen molar-refractivity contribution in [1.82, 2.24) is 0 Å². The van der Waals surface area contributed by atoms with Gasteiger partial charge in [0.05, 0.1) is 12.0 Å². The number of fused-ring (bicyclic) bond motifs is 1. The van der Waals surface area contributed by atoms with Crippen LogP contribution in [0.15, 0.2) is 42.5 Å². The molecule has 21 heavy (non-hydrogen) atoms. The summed E-state index contributed by atoms with van der Waals surface area (Å²) in [5.41, 5.74) is 1.81. The van der Waals surface area contributed by atoms with E-state index in [0.29, 0.717) is 31.1 Å². The largest absolute Gasteiger partial charge is 0.486 e. The molecule has 1 unspecified atom stereocenters. The third-order valence-electron chi connectivity index (χ3n) is 3.48. The van der Waals surface area contributed by atoms with Gasteiger partial charge in [0, 0.05) is 0 Å². The molecule has 1 aliphatic rings. The zero-order valence-electron chi connectivity index (χ0n) is 11.4. The topological polar surface area (TPSA) is 42.2 Å². The van der Waals surface area contributed by atoms with E-state index in [1.54, 1.807) is 12.1 Å². The number of hydrogen-bond acceptors (Lipinski definition) is 3. The molecule has 1 atom stereocenters. The Hall–Kier alpha value is -2.54. The molecule has 3 rings (SSSR count). The molecule has 0 saturated carbocycles. The van der Waals surface area contributed by atoms with E-state index in [4.69, 9.17) is 9.47 Å². The van der Waals surface area contributed by atoms with Gasteiger partial charge >= 0.3 is 0 Å². The smallest absolute Gasteiger partial charge is 0.161 e. The van der Waals surface area contributed by atoms with Crippen molar-refractivity contribution in [2.45, 2.75) is 12.3 Å². The highest BCUT2D eigenvalue weighted by molar-refractivity contribution is 5.46. The van der Waals surface area contributed by atoms with E-state index in [1.165, 1.54) is 12.1 Å². The highest BCUT2D eigenvalue weighted by atomic mass is 19.1. The number of benzene rings is 2. The predicted octanol–water partition coefficient (Wildman–Crippen LogP) is 3.45. The minimum absolute atomic E-state index is 0.272. The standard InChI is InChI=1S/C17H14FNO2/c18-15-4-1-12(2-5-15)9-14(11-19)13-3-6-16-17(10-13)21-8-7-20-16/h1-6,10,14H,7-9H2. The van der Waals surface area contributed by atoms with Gasteiger partial charge in [-0.1, -0.05) is 18.2 Å². The van der Waals surface area contributed by atoms with Crippen molar-refractivity contribution in [2.24, 2.45) is 0 Å². The van der Waals surface area contributed by atoms with Crippen LogP contribution in [0, 0.1) is 17.1 Å². The SMILES string of the molecule is N#CC(Cc1ccc(F)cc1)c1ccc2c(c1)OCCO2. The van der Waals surface area contributed by atoms with Crippen LogP contribution in [0.3, 0.4) is 0 Å². The molecule has 106 valence electrons. The quantitative estimate of drug-likeness (QED) is 0.866. The average molecular weight is 283 g/mol. The molecule has 2 aromatic carbocycles. The van der Waals surface area contributed by atoms with Gasteiger partial charge in [-0.15, -0.1) is 0 Å². The van der Waals surface area contributed by atoms with Gasteiger partial charge in [0.1, 0.15) is 19.0 Å². The Morgan fingerprint density at radius 2 is 1.76 bits per heavy atom. The molecule has 0 saturated heterocycles. The Bertz CT molecular complexity index is 676. The fourth-order valence-corrected chi connectivity index (χ4v) is 2.37. The molecule has 0 spiro atoms. The third-order valence-corrected chi connectivity index (χ3v) is 3.48. The zero-order valence-corrected chi connectivity index (χ0v) is 11.4. The maximum Gasteiger partial charge on any atom is 0.161 e. The average Bonchev–Trinajstić information content (AvgIpc) is 2.54. The molecular formula is C17H14FNO2. The Kier molecular flexibility index (Phi) is 3.74. The monoisotopic (exact) mass is 283 g/mol. The number of nitriles is 1. The van der Waals surface area contributed by atoms with E-state index < -0.39 is 0 Å². The van der Waals surface area contributed by atoms with Crippen molar-refractivity contribution < 1.29 is 13.9 Å². The molecular weight excluding hydrogens is 269 g/mol. The van der Waals surface area contributed by atoms with Gasteiger partial charge in [-0.3, -0.25) is 0 Å². The molecule has 0 bridgehead atoms. The first kappa shape index (κ1) is 13.4. The number of nitrogens with zero attached hydrogens (tertiary/aromatic N) is 1. The molecule has 0 N–H and O–H groups in total. The molecule has 1 aliphatic heterocycles. The summed E-state index contributed by atoms with van der Waals surface area (Å²) in [6, 6.07) is 14.1. The van der Waals surface area contributed by atoms with Gasteiger partial charge in [-0.05, 0) is 41.8 Å². The molecule has 0 aliphatic carbocycles. The predicted molar refractivity (Wildman–Crippen MR) is 75.9 cm³/mol. The molecule has 0 aromatic heterocycles. The summed E-state index contributed by atoms with van der Waals surface area (Å²) in [5, 5.41) is 9.40. The van der Waals surface area contributed by atoms with Crippen LogP contribution >= 0.6 is 0 Å². The zero-order chi connectivity index (χ0) is 14.7. The minimum atomic E-state index is -0.300. The minimum Gasteiger partial charge on any atom is -0.486 e. The molecule has 3 nitrogen and oxygen atoms in total. The number of rotatable bonds is 3. The van der Waals surface area contributed by atoms with Crippen LogP contribution in [-0.2, 0) is 6.42 Å². The first-order chi connectivity index (χ1) is 10.3. The fraction of sp³-hybridized carbons (Fsp3) is 0.235. The first-order valence-electron chi connectivity index (χ1n) is 6.80. The number of ether oxygens (including phenoxy) is 2. The van der Waals surface area contributed by atoms with E-state index in [1.807, 2.05) is 18.2 Å². The lowest BCUT2D eigenvalue weighted by Crippen LogP contribution is -2.15. The van der Waals surface area contributed by atoms with E-state index in [9.17, 15) is 9.65 Å². The first-order valence-corrected chi connectivity index (χ1v) is 6.80. The van der Waals surface area contributed by atoms with Crippen LogP contribution in [-0.4, -0.2) is 13.2 Å². The fourth-order valence-electron chi connectivity index (χ4n) is 2.37. The van der Waals surface area contributed by atoms with Crippen LogP contribution in [0.4, 0.5) is 4.39 Å². The second-order valence-electron chi connectivity index (χ2n) is 4.92. The number of hydrogen-bond donors (Lipinski definition) is 0. The molecule has 2 aromatic rings. The summed E-state index contributed by atoms with van der Waals surface area (Å²) in [5.74, 6) is 0.819. The lowest BCUT2D eigenvalue weighted by molar-refractivity contribution is 0.171. The van der Waals surface area contributed by atoms with Crippen LogP contribution in [0.2, 0.25) is 0 Å². The molecule has 4 heteroatoms. The van der Waals surface area contributed by atoms with Gasteiger partial charge in [0.2, 0.25) is 0 Å². The second-order valence-corrected chi connectivity index (χ2v) is 4.92. The van der Waals surface area contributed by atoms with Gasteiger partial charge < -0.3 is 9.47 Å². The lowest BCUT2D eigenvalue weighted by atomic mass is 9.93. The summed E-state index contributed by atoms with van der Waals surface area (Å²) in [7, 11) is 0. The van der Waals surface area contributed by atoms with Crippen molar-refractivity contribution in [3.05, 3.63) is 59.4 Å². The Morgan fingerprint density at radius 1 is 1.05 bits per heavy atom. The van der Waals surface area contributed by atoms with E-state index in [2.05, 4.69) is 6.07 Å². The van der Waals surface area contributed by atoms with Crippen molar-refractivity contribution >= 4 is 0 Å². The van der Waals surface area contributed by atoms with E-state index in [0.717, 1.165) is 11.1 Å². The summed E-state index contributed by atoms with van der Waals surface area (Å²) in [4.78, 5) is 0. The van der Waals surface area contributed by atoms with Crippen molar-refractivity contribution in [2.75, 3.05) is 13.2 Å². The molecule has 1 heterocycles. The van der Waals surface area contributed by atoms with Gasteiger partial charge in [0.15, 0.2) is 11.5 Å². The van der Waals surface area contributed by atoms with Crippen LogP contribution in [0.1, 0.15) is 17.0 Å². The Labute approximate surface area is 122 Å². The van der Waals surface area contributed by atoms with E-state index in [-0.39, 0.29) is 11.7 Å². The highest BCUT2D eigenvalue weighted by Crippen LogP contribution is 2.33. The van der Waals surface area contributed by atoms with Gasteiger partial charge in [-0.2, -0.15) is 5.26 Å². The maximum absolute atomic E-state index is 12.9. The summed E-state index contributed by atoms with van der Waals surface area (Å²) >= 11 is 0. The van der Waals surface area contributed by atoms with Gasteiger partial charge in [0.25, 0.3) is 0 Å².